The molecule has 2 aromatic carbocycles. The van der Waals surface area contributed by atoms with Crippen LogP contribution in [0.5, 0.6) is 11.5 Å². The van der Waals surface area contributed by atoms with Crippen LogP contribution in [0.4, 0.5) is 17.3 Å². The minimum absolute atomic E-state index is 0.685. The van der Waals surface area contributed by atoms with Gasteiger partial charge in [0.25, 0.3) is 0 Å². The monoisotopic (exact) mass is 354 g/mol. The Morgan fingerprint density at radius 1 is 1.08 bits per heavy atom. The number of nitrogens with one attached hydrogen (secondary N) is 2. The van der Waals surface area contributed by atoms with E-state index in [-0.39, 0.29) is 0 Å². The standard InChI is InChI=1S/C20H26N4O2/c1-6-10-21-14-8-7-9-15-19(14)24(3)20(22-15)23-16-12-18(26-5)17(25-4)11-13(16)2/h7-9,11-12,21H,6,10H2,1-5H3,(H,22,23). The molecule has 0 spiro atoms. The first-order chi connectivity index (χ1) is 12.6. The molecule has 2 N–H and O–H groups in total. The predicted octanol–water partition coefficient (Wildman–Crippen LogP) is 4.46. The van der Waals surface area contributed by atoms with Crippen LogP contribution in [0.25, 0.3) is 11.0 Å². The number of aromatic nitrogens is 2. The Bertz CT molecular complexity index is 918. The minimum Gasteiger partial charge on any atom is -0.493 e. The zero-order valence-electron chi connectivity index (χ0n) is 16.0. The molecule has 1 aromatic heterocycles. The number of rotatable bonds is 7. The molecule has 0 fully saturated rings. The van der Waals surface area contributed by atoms with Crippen LogP contribution in [0.2, 0.25) is 0 Å². The highest BCUT2D eigenvalue weighted by molar-refractivity contribution is 5.91. The van der Waals surface area contributed by atoms with Crippen LogP contribution in [0, 0.1) is 6.92 Å². The molecule has 6 heteroatoms. The Hall–Kier alpha value is -2.89. The molecule has 138 valence electrons. The molecule has 0 atom stereocenters. The highest BCUT2D eigenvalue weighted by atomic mass is 16.5. The summed E-state index contributed by atoms with van der Waals surface area (Å²) in [6.45, 7) is 5.12. The molecule has 3 aromatic rings. The molecule has 0 bridgehead atoms. The Balaban J connectivity index is 2.01. The normalized spacial score (nSPS) is 10.8. The van der Waals surface area contributed by atoms with Crippen LogP contribution in [0.3, 0.4) is 0 Å². The van der Waals surface area contributed by atoms with Crippen molar-refractivity contribution in [3.8, 4) is 11.5 Å². The van der Waals surface area contributed by atoms with E-state index in [1.165, 1.54) is 0 Å². The molecule has 26 heavy (non-hydrogen) atoms. The van der Waals surface area contributed by atoms with E-state index in [0.29, 0.717) is 11.5 Å². The van der Waals surface area contributed by atoms with Crippen molar-refractivity contribution in [3.05, 3.63) is 35.9 Å². The van der Waals surface area contributed by atoms with Gasteiger partial charge in [-0.2, -0.15) is 0 Å². The number of methoxy groups -OCH3 is 2. The van der Waals surface area contributed by atoms with Crippen LogP contribution in [0.1, 0.15) is 18.9 Å². The fraction of sp³-hybridized carbons (Fsp3) is 0.350. The first-order valence-corrected chi connectivity index (χ1v) is 8.78. The molecular weight excluding hydrogens is 328 g/mol. The Morgan fingerprint density at radius 3 is 2.50 bits per heavy atom. The number of hydrogen-bond acceptors (Lipinski definition) is 5. The average molecular weight is 354 g/mol. The summed E-state index contributed by atoms with van der Waals surface area (Å²) in [7, 11) is 5.29. The molecule has 3 rings (SSSR count). The van der Waals surface area contributed by atoms with Crippen LogP contribution in [-0.4, -0.2) is 30.3 Å². The third-order valence-electron chi connectivity index (χ3n) is 4.44. The van der Waals surface area contributed by atoms with E-state index in [9.17, 15) is 0 Å². The molecule has 0 saturated heterocycles. The summed E-state index contributed by atoms with van der Waals surface area (Å²) in [6.07, 6.45) is 1.07. The maximum atomic E-state index is 5.42. The van der Waals surface area contributed by atoms with E-state index in [0.717, 1.165) is 46.9 Å². The third kappa shape index (κ3) is 3.27. The number of nitrogens with zero attached hydrogens (tertiary/aromatic N) is 2. The maximum absolute atomic E-state index is 5.42. The first-order valence-electron chi connectivity index (χ1n) is 8.78. The predicted molar refractivity (Wildman–Crippen MR) is 107 cm³/mol. The molecule has 6 nitrogen and oxygen atoms in total. The van der Waals surface area contributed by atoms with Gasteiger partial charge in [-0.15, -0.1) is 0 Å². The van der Waals surface area contributed by atoms with Gasteiger partial charge in [0.1, 0.15) is 0 Å². The highest BCUT2D eigenvalue weighted by Gasteiger charge is 2.14. The Labute approximate surface area is 154 Å². The van der Waals surface area contributed by atoms with Gasteiger partial charge >= 0.3 is 0 Å². The number of imidazole rings is 1. The number of aryl methyl sites for hydroxylation is 2. The van der Waals surface area contributed by atoms with Crippen LogP contribution in [-0.2, 0) is 7.05 Å². The van der Waals surface area contributed by atoms with Crippen molar-refractivity contribution in [1.29, 1.82) is 0 Å². The summed E-state index contributed by atoms with van der Waals surface area (Å²) in [4.78, 5) is 4.76. The van der Waals surface area contributed by atoms with E-state index in [2.05, 4.69) is 28.2 Å². The van der Waals surface area contributed by atoms with Gasteiger partial charge in [0.15, 0.2) is 11.5 Å². The van der Waals surface area contributed by atoms with Gasteiger partial charge in [0, 0.05) is 25.3 Å². The molecular formula is C20H26N4O2. The number of para-hydroxylation sites is 1. The minimum atomic E-state index is 0.685. The summed E-state index contributed by atoms with van der Waals surface area (Å²) in [5.41, 5.74) is 5.12. The van der Waals surface area contributed by atoms with Crippen molar-refractivity contribution < 1.29 is 9.47 Å². The third-order valence-corrected chi connectivity index (χ3v) is 4.44. The lowest BCUT2D eigenvalue weighted by atomic mass is 10.1. The lowest BCUT2D eigenvalue weighted by molar-refractivity contribution is 0.355. The molecule has 1 heterocycles. The summed E-state index contributed by atoms with van der Waals surface area (Å²) in [5.74, 6) is 2.18. The smallest absolute Gasteiger partial charge is 0.208 e. The Kier molecular flexibility index (Phi) is 5.21. The number of anilines is 3. The van der Waals surface area contributed by atoms with Gasteiger partial charge in [-0.05, 0) is 37.1 Å². The second-order valence-electron chi connectivity index (χ2n) is 6.24. The van der Waals surface area contributed by atoms with Crippen molar-refractivity contribution in [2.24, 2.45) is 7.05 Å². The second-order valence-corrected chi connectivity index (χ2v) is 6.24. The quantitative estimate of drug-likeness (QED) is 0.656. The van der Waals surface area contributed by atoms with Crippen LogP contribution in [0.15, 0.2) is 30.3 Å². The van der Waals surface area contributed by atoms with Gasteiger partial charge in [0.05, 0.1) is 30.9 Å². The number of ether oxygens (including phenoxy) is 2. The molecule has 0 aliphatic heterocycles. The maximum Gasteiger partial charge on any atom is 0.208 e. The van der Waals surface area contributed by atoms with Gasteiger partial charge in [0.2, 0.25) is 5.95 Å². The lowest BCUT2D eigenvalue weighted by Gasteiger charge is -2.14. The molecule has 0 aliphatic carbocycles. The van der Waals surface area contributed by atoms with Crippen molar-refractivity contribution in [2.75, 3.05) is 31.4 Å². The van der Waals surface area contributed by atoms with E-state index in [4.69, 9.17) is 14.5 Å². The average Bonchev–Trinajstić information content (AvgIpc) is 2.97. The first kappa shape index (κ1) is 17.9. The summed E-state index contributed by atoms with van der Waals surface area (Å²) in [5, 5.41) is 6.90. The topological polar surface area (TPSA) is 60.3 Å². The zero-order chi connectivity index (χ0) is 18.7. The summed E-state index contributed by atoms with van der Waals surface area (Å²) < 4.78 is 12.9. The number of benzene rings is 2. The van der Waals surface area contributed by atoms with Crippen LogP contribution >= 0.6 is 0 Å². The summed E-state index contributed by atoms with van der Waals surface area (Å²) >= 11 is 0. The Morgan fingerprint density at radius 2 is 1.81 bits per heavy atom. The molecule has 0 aliphatic rings. The van der Waals surface area contributed by atoms with Gasteiger partial charge in [-0.1, -0.05) is 13.0 Å². The van der Waals surface area contributed by atoms with E-state index in [1.807, 2.05) is 38.2 Å². The van der Waals surface area contributed by atoms with Crippen molar-refractivity contribution in [1.82, 2.24) is 9.55 Å². The second kappa shape index (κ2) is 7.56. The highest BCUT2D eigenvalue weighted by Crippen LogP contribution is 2.35. The van der Waals surface area contributed by atoms with Gasteiger partial charge < -0.3 is 24.7 Å². The lowest BCUT2D eigenvalue weighted by Crippen LogP contribution is -2.04. The fourth-order valence-corrected chi connectivity index (χ4v) is 3.02. The largest absolute Gasteiger partial charge is 0.493 e. The van der Waals surface area contributed by atoms with E-state index < -0.39 is 0 Å². The van der Waals surface area contributed by atoms with E-state index >= 15 is 0 Å². The van der Waals surface area contributed by atoms with Crippen LogP contribution < -0.4 is 20.1 Å². The van der Waals surface area contributed by atoms with Crippen molar-refractivity contribution in [2.45, 2.75) is 20.3 Å². The molecule has 0 unspecified atom stereocenters. The van der Waals surface area contributed by atoms with Gasteiger partial charge in [-0.3, -0.25) is 0 Å². The van der Waals surface area contributed by atoms with Crippen molar-refractivity contribution >= 4 is 28.4 Å². The number of fused-ring (bicyclic) bond motifs is 1. The van der Waals surface area contributed by atoms with E-state index in [1.54, 1.807) is 14.2 Å². The zero-order valence-corrected chi connectivity index (χ0v) is 16.0. The van der Waals surface area contributed by atoms with Crippen molar-refractivity contribution in [3.63, 3.8) is 0 Å². The molecule has 0 radical (unpaired) electrons. The van der Waals surface area contributed by atoms with Gasteiger partial charge in [-0.25, -0.2) is 4.98 Å². The fourth-order valence-electron chi connectivity index (χ4n) is 3.02. The molecule has 0 saturated carbocycles. The molecule has 0 amide bonds. The SMILES string of the molecule is CCCNc1cccc2nc(Nc3cc(OC)c(OC)cc3C)n(C)c12. The summed E-state index contributed by atoms with van der Waals surface area (Å²) in [6, 6.07) is 10.0. The number of hydrogen-bond donors (Lipinski definition) is 2.